The van der Waals surface area contributed by atoms with Crippen molar-refractivity contribution in [2.75, 3.05) is 12.4 Å². The fourth-order valence-electron chi connectivity index (χ4n) is 1.36. The van der Waals surface area contributed by atoms with Crippen LogP contribution < -0.4 is 5.32 Å². The van der Waals surface area contributed by atoms with Crippen LogP contribution in [0.1, 0.15) is 20.7 Å². The second kappa shape index (κ2) is 5.42. The molecular weight excluding hydrogens is 252 g/mol. The Kier molecular flexibility index (Phi) is 3.69. The number of anilines is 1. The molecule has 1 heterocycles. The molecule has 1 N–H and O–H groups in total. The lowest BCUT2D eigenvalue weighted by Crippen LogP contribution is -2.12. The summed E-state index contributed by atoms with van der Waals surface area (Å²) in [6, 6.07) is 6.32. The highest BCUT2D eigenvalue weighted by molar-refractivity contribution is 7.13. The Labute approximate surface area is 107 Å². The molecule has 2 aromatic rings. The van der Waals surface area contributed by atoms with Gasteiger partial charge < -0.3 is 4.74 Å². The first-order valence-electron chi connectivity index (χ1n) is 5.10. The van der Waals surface area contributed by atoms with E-state index in [-0.39, 0.29) is 5.91 Å². The molecule has 0 bridgehead atoms. The van der Waals surface area contributed by atoms with Crippen LogP contribution in [0.15, 0.2) is 35.8 Å². The van der Waals surface area contributed by atoms with Gasteiger partial charge in [-0.05, 0) is 18.2 Å². The van der Waals surface area contributed by atoms with Crippen LogP contribution in [0.3, 0.4) is 0 Å². The highest BCUT2D eigenvalue weighted by Gasteiger charge is 2.11. The lowest BCUT2D eigenvalue weighted by atomic mass is 10.1. The molecule has 6 heteroatoms. The molecule has 1 aromatic carbocycles. The first kappa shape index (κ1) is 12.3. The van der Waals surface area contributed by atoms with Crippen molar-refractivity contribution in [3.8, 4) is 0 Å². The molecule has 18 heavy (non-hydrogen) atoms. The summed E-state index contributed by atoms with van der Waals surface area (Å²) in [5.41, 5.74) is 0.720. The van der Waals surface area contributed by atoms with E-state index in [2.05, 4.69) is 15.0 Å². The Morgan fingerprint density at radius 2 is 2.11 bits per heavy atom. The third-order valence-corrected chi connectivity index (χ3v) is 2.89. The van der Waals surface area contributed by atoms with E-state index in [0.717, 1.165) is 0 Å². The van der Waals surface area contributed by atoms with E-state index in [1.807, 2.05) is 0 Å². The summed E-state index contributed by atoms with van der Waals surface area (Å²) in [6.45, 7) is 0. The van der Waals surface area contributed by atoms with Crippen molar-refractivity contribution >= 4 is 28.3 Å². The summed E-state index contributed by atoms with van der Waals surface area (Å²) in [4.78, 5) is 27.2. The molecule has 0 unspecified atom stereocenters. The maximum atomic E-state index is 11.9. The second-order valence-electron chi connectivity index (χ2n) is 3.36. The van der Waals surface area contributed by atoms with E-state index in [1.54, 1.807) is 29.8 Å². The number of nitrogens with zero attached hydrogens (tertiary/aromatic N) is 1. The third-order valence-electron chi connectivity index (χ3n) is 2.20. The molecule has 0 atom stereocenters. The fraction of sp³-hybridized carbons (Fsp3) is 0.0833. The number of nitrogens with one attached hydrogen (secondary N) is 1. The molecule has 0 saturated carbocycles. The Hall–Kier alpha value is -2.21. The summed E-state index contributed by atoms with van der Waals surface area (Å²) < 4.78 is 4.60. The molecule has 0 spiro atoms. The molecule has 2 rings (SSSR count). The molecule has 1 aromatic heterocycles. The van der Waals surface area contributed by atoms with E-state index in [0.29, 0.717) is 16.3 Å². The zero-order valence-electron chi connectivity index (χ0n) is 9.54. The van der Waals surface area contributed by atoms with Crippen molar-refractivity contribution in [1.82, 2.24) is 4.98 Å². The fourth-order valence-corrected chi connectivity index (χ4v) is 1.88. The Bertz CT molecular complexity index is 566. The molecule has 5 nitrogen and oxygen atoms in total. The van der Waals surface area contributed by atoms with E-state index in [1.165, 1.54) is 24.5 Å². The zero-order valence-corrected chi connectivity index (χ0v) is 10.4. The van der Waals surface area contributed by atoms with Crippen molar-refractivity contribution in [1.29, 1.82) is 0 Å². The van der Waals surface area contributed by atoms with Crippen LogP contribution >= 0.6 is 11.3 Å². The zero-order chi connectivity index (χ0) is 13.0. The summed E-state index contributed by atoms with van der Waals surface area (Å²) in [5.74, 6) is -0.783. The van der Waals surface area contributed by atoms with E-state index < -0.39 is 5.97 Å². The SMILES string of the molecule is COC(=O)c1cccc(C(=O)Nc2nccs2)c1. The smallest absolute Gasteiger partial charge is 0.337 e. The predicted octanol–water partition coefficient (Wildman–Crippen LogP) is 2.18. The summed E-state index contributed by atoms with van der Waals surface area (Å²) in [5, 5.41) is 4.92. The number of methoxy groups -OCH3 is 1. The largest absolute Gasteiger partial charge is 0.465 e. The average molecular weight is 262 g/mol. The van der Waals surface area contributed by atoms with Gasteiger partial charge in [-0.25, -0.2) is 9.78 Å². The molecule has 0 fully saturated rings. The van der Waals surface area contributed by atoms with Crippen molar-refractivity contribution in [2.24, 2.45) is 0 Å². The maximum Gasteiger partial charge on any atom is 0.337 e. The minimum absolute atomic E-state index is 0.310. The standard InChI is InChI=1S/C12H10N2O3S/c1-17-11(16)9-4-2-3-8(7-9)10(15)14-12-13-5-6-18-12/h2-7H,1H3,(H,13,14,15). The number of hydrogen-bond acceptors (Lipinski definition) is 5. The number of thiazole rings is 1. The molecule has 0 saturated heterocycles. The monoisotopic (exact) mass is 262 g/mol. The number of ether oxygens (including phenoxy) is 1. The van der Waals surface area contributed by atoms with Gasteiger partial charge in [-0.3, -0.25) is 10.1 Å². The van der Waals surface area contributed by atoms with Crippen LogP contribution in [0.2, 0.25) is 0 Å². The lowest BCUT2D eigenvalue weighted by molar-refractivity contribution is 0.0600. The van der Waals surface area contributed by atoms with Gasteiger partial charge in [0, 0.05) is 17.1 Å². The molecule has 0 radical (unpaired) electrons. The Balaban J connectivity index is 2.18. The van der Waals surface area contributed by atoms with Gasteiger partial charge >= 0.3 is 5.97 Å². The van der Waals surface area contributed by atoms with Gasteiger partial charge in [0.05, 0.1) is 12.7 Å². The van der Waals surface area contributed by atoms with Crippen molar-refractivity contribution in [3.05, 3.63) is 47.0 Å². The molecule has 0 aliphatic carbocycles. The van der Waals surface area contributed by atoms with Crippen LogP contribution in [0.4, 0.5) is 5.13 Å². The molecule has 92 valence electrons. The van der Waals surface area contributed by atoms with Crippen LogP contribution in [0, 0.1) is 0 Å². The highest BCUT2D eigenvalue weighted by atomic mass is 32.1. The first-order chi connectivity index (χ1) is 8.70. The quantitative estimate of drug-likeness (QED) is 0.861. The first-order valence-corrected chi connectivity index (χ1v) is 5.98. The molecular formula is C12H10N2O3S. The second-order valence-corrected chi connectivity index (χ2v) is 4.26. The van der Waals surface area contributed by atoms with Crippen LogP contribution in [-0.4, -0.2) is 24.0 Å². The summed E-state index contributed by atoms with van der Waals surface area (Å²) >= 11 is 1.33. The third kappa shape index (κ3) is 2.72. The van der Waals surface area contributed by atoms with Gasteiger partial charge in [-0.15, -0.1) is 11.3 Å². The van der Waals surface area contributed by atoms with Gasteiger partial charge in [0.2, 0.25) is 0 Å². The number of esters is 1. The predicted molar refractivity (Wildman–Crippen MR) is 67.8 cm³/mol. The van der Waals surface area contributed by atoms with Crippen LogP contribution in [0.25, 0.3) is 0 Å². The Morgan fingerprint density at radius 1 is 1.33 bits per heavy atom. The summed E-state index contributed by atoms with van der Waals surface area (Å²) in [6.07, 6.45) is 1.60. The average Bonchev–Trinajstić information content (AvgIpc) is 2.90. The number of rotatable bonds is 3. The van der Waals surface area contributed by atoms with Gasteiger partial charge in [-0.1, -0.05) is 6.07 Å². The van der Waals surface area contributed by atoms with Crippen LogP contribution in [-0.2, 0) is 4.74 Å². The van der Waals surface area contributed by atoms with Crippen molar-refractivity contribution in [3.63, 3.8) is 0 Å². The highest BCUT2D eigenvalue weighted by Crippen LogP contribution is 2.13. The van der Waals surface area contributed by atoms with E-state index >= 15 is 0 Å². The molecule has 0 aliphatic heterocycles. The normalized spacial score (nSPS) is 9.83. The van der Waals surface area contributed by atoms with E-state index in [4.69, 9.17) is 0 Å². The van der Waals surface area contributed by atoms with Crippen molar-refractivity contribution in [2.45, 2.75) is 0 Å². The maximum absolute atomic E-state index is 11.9. The van der Waals surface area contributed by atoms with Gasteiger partial charge in [0.25, 0.3) is 5.91 Å². The number of aromatic nitrogens is 1. The lowest BCUT2D eigenvalue weighted by Gasteiger charge is -2.03. The van der Waals surface area contributed by atoms with Gasteiger partial charge in [-0.2, -0.15) is 0 Å². The number of benzene rings is 1. The minimum atomic E-state index is -0.473. The van der Waals surface area contributed by atoms with Crippen LogP contribution in [0.5, 0.6) is 0 Å². The topological polar surface area (TPSA) is 68.3 Å². The minimum Gasteiger partial charge on any atom is -0.465 e. The number of carbonyl (C=O) groups excluding carboxylic acids is 2. The summed E-state index contributed by atoms with van der Waals surface area (Å²) in [7, 11) is 1.30. The van der Waals surface area contributed by atoms with E-state index in [9.17, 15) is 9.59 Å². The van der Waals surface area contributed by atoms with Crippen molar-refractivity contribution < 1.29 is 14.3 Å². The van der Waals surface area contributed by atoms with Gasteiger partial charge in [0.1, 0.15) is 0 Å². The number of hydrogen-bond donors (Lipinski definition) is 1. The molecule has 1 amide bonds. The van der Waals surface area contributed by atoms with Gasteiger partial charge in [0.15, 0.2) is 5.13 Å². The molecule has 0 aliphatic rings. The number of amides is 1. The Morgan fingerprint density at radius 3 is 2.78 bits per heavy atom. The number of carbonyl (C=O) groups is 2.